The van der Waals surface area contributed by atoms with Gasteiger partial charge in [-0.1, -0.05) is 15.9 Å². The van der Waals surface area contributed by atoms with Gasteiger partial charge >= 0.3 is 0 Å². The number of carbonyl (C=O) groups excluding carboxylic acids is 1. The molecule has 0 aliphatic heterocycles. The third-order valence-corrected chi connectivity index (χ3v) is 3.44. The van der Waals surface area contributed by atoms with Crippen molar-refractivity contribution in [1.82, 2.24) is 14.8 Å². The first-order valence-electron chi connectivity index (χ1n) is 5.99. The minimum absolute atomic E-state index is 0.555. The molecule has 20 heavy (non-hydrogen) atoms. The molecule has 3 aromatic rings. The van der Waals surface area contributed by atoms with Crippen LogP contribution >= 0.6 is 15.9 Å². The van der Waals surface area contributed by atoms with Gasteiger partial charge in [0.05, 0.1) is 11.3 Å². The maximum Gasteiger partial charge on any atom is 0.153 e. The summed E-state index contributed by atoms with van der Waals surface area (Å²) in [5.74, 6) is 0. The fourth-order valence-corrected chi connectivity index (χ4v) is 2.20. The fraction of sp³-hybridized carbons (Fsp3) is 0. The van der Waals surface area contributed by atoms with Crippen LogP contribution in [0.15, 0.2) is 59.5 Å². The molecule has 0 aliphatic rings. The lowest BCUT2D eigenvalue weighted by molar-refractivity contribution is 0.112. The van der Waals surface area contributed by atoms with E-state index >= 15 is 0 Å². The number of nitrogens with zero attached hydrogens (tertiary/aromatic N) is 3. The first-order chi connectivity index (χ1) is 9.78. The summed E-state index contributed by atoms with van der Waals surface area (Å²) in [6.45, 7) is 0. The van der Waals surface area contributed by atoms with Crippen LogP contribution in [-0.4, -0.2) is 21.1 Å². The van der Waals surface area contributed by atoms with Crippen molar-refractivity contribution in [2.24, 2.45) is 0 Å². The van der Waals surface area contributed by atoms with Crippen molar-refractivity contribution in [2.75, 3.05) is 0 Å². The van der Waals surface area contributed by atoms with Crippen LogP contribution in [0, 0.1) is 0 Å². The number of pyridine rings is 1. The van der Waals surface area contributed by atoms with Gasteiger partial charge in [0.1, 0.15) is 5.69 Å². The summed E-state index contributed by atoms with van der Waals surface area (Å²) in [5, 5.41) is 4.49. The highest BCUT2D eigenvalue weighted by molar-refractivity contribution is 9.10. The molecule has 0 radical (unpaired) electrons. The number of benzene rings is 1. The Balaban J connectivity index is 2.09. The first kappa shape index (κ1) is 12.7. The van der Waals surface area contributed by atoms with Gasteiger partial charge in [0.15, 0.2) is 6.29 Å². The largest absolute Gasteiger partial charge is 0.298 e. The number of aldehydes is 1. The number of halogens is 1. The van der Waals surface area contributed by atoms with Gasteiger partial charge in [-0.25, -0.2) is 4.68 Å². The Hall–Kier alpha value is -2.27. The van der Waals surface area contributed by atoms with E-state index in [-0.39, 0.29) is 0 Å². The summed E-state index contributed by atoms with van der Waals surface area (Å²) in [5.41, 5.74) is 2.99. The van der Waals surface area contributed by atoms with Crippen molar-refractivity contribution in [3.63, 3.8) is 0 Å². The number of hydrogen-bond acceptors (Lipinski definition) is 3. The zero-order chi connectivity index (χ0) is 13.9. The van der Waals surface area contributed by atoms with Crippen molar-refractivity contribution in [2.45, 2.75) is 0 Å². The molecular weight excluding hydrogens is 318 g/mol. The lowest BCUT2D eigenvalue weighted by atomic mass is 10.1. The number of carbonyl (C=O) groups is 1. The van der Waals surface area contributed by atoms with E-state index in [1.807, 2.05) is 36.4 Å². The van der Waals surface area contributed by atoms with Crippen LogP contribution in [-0.2, 0) is 0 Å². The number of rotatable bonds is 3. The summed E-state index contributed by atoms with van der Waals surface area (Å²) in [6.07, 6.45) is 5.91. The molecule has 0 atom stereocenters. The van der Waals surface area contributed by atoms with Gasteiger partial charge < -0.3 is 0 Å². The third-order valence-electron chi connectivity index (χ3n) is 2.91. The second-order valence-electron chi connectivity index (χ2n) is 4.21. The van der Waals surface area contributed by atoms with Crippen LogP contribution in [0.4, 0.5) is 0 Å². The fourth-order valence-electron chi connectivity index (χ4n) is 1.93. The third kappa shape index (κ3) is 2.40. The van der Waals surface area contributed by atoms with Crippen LogP contribution in [0.5, 0.6) is 0 Å². The zero-order valence-electron chi connectivity index (χ0n) is 10.4. The number of aromatic nitrogens is 3. The average molecular weight is 328 g/mol. The van der Waals surface area contributed by atoms with Crippen molar-refractivity contribution in [1.29, 1.82) is 0 Å². The lowest BCUT2D eigenvalue weighted by Crippen LogP contribution is -1.94. The standard InChI is InChI=1S/C15H10BrN3O/c16-13-1-3-14(4-2-13)19-9-12(10-20)15(18-19)11-5-7-17-8-6-11/h1-10H. The van der Waals surface area contributed by atoms with Gasteiger partial charge in [0.2, 0.25) is 0 Å². The molecule has 0 bridgehead atoms. The van der Waals surface area contributed by atoms with Crippen molar-refractivity contribution < 1.29 is 4.79 Å². The maximum absolute atomic E-state index is 11.2. The highest BCUT2D eigenvalue weighted by Gasteiger charge is 2.11. The minimum Gasteiger partial charge on any atom is -0.298 e. The van der Waals surface area contributed by atoms with E-state index in [9.17, 15) is 4.79 Å². The zero-order valence-corrected chi connectivity index (χ0v) is 12.0. The molecule has 2 aromatic heterocycles. The Morgan fingerprint density at radius 1 is 1.05 bits per heavy atom. The van der Waals surface area contributed by atoms with E-state index in [2.05, 4.69) is 26.0 Å². The van der Waals surface area contributed by atoms with Gasteiger partial charge in [0.25, 0.3) is 0 Å². The molecule has 0 spiro atoms. The van der Waals surface area contributed by atoms with Crippen LogP contribution in [0.25, 0.3) is 16.9 Å². The van der Waals surface area contributed by atoms with Gasteiger partial charge in [-0.05, 0) is 36.4 Å². The van der Waals surface area contributed by atoms with Gasteiger partial charge in [-0.3, -0.25) is 9.78 Å². The second-order valence-corrected chi connectivity index (χ2v) is 5.12. The molecule has 3 rings (SSSR count). The van der Waals surface area contributed by atoms with Crippen molar-refractivity contribution in [3.8, 4) is 16.9 Å². The van der Waals surface area contributed by atoms with Crippen LogP contribution in [0.1, 0.15) is 10.4 Å². The van der Waals surface area contributed by atoms with Gasteiger partial charge in [0, 0.05) is 28.6 Å². The van der Waals surface area contributed by atoms with E-state index in [1.165, 1.54) is 0 Å². The summed E-state index contributed by atoms with van der Waals surface area (Å²) in [7, 11) is 0. The summed E-state index contributed by atoms with van der Waals surface area (Å²) < 4.78 is 2.70. The molecule has 0 aliphatic carbocycles. The van der Waals surface area contributed by atoms with E-state index in [0.29, 0.717) is 11.3 Å². The maximum atomic E-state index is 11.2. The van der Waals surface area contributed by atoms with Crippen molar-refractivity contribution in [3.05, 3.63) is 65.0 Å². The smallest absolute Gasteiger partial charge is 0.153 e. The Bertz CT molecular complexity index is 736. The molecule has 0 fully saturated rings. The second kappa shape index (κ2) is 5.38. The molecular formula is C15H10BrN3O. The minimum atomic E-state index is 0.555. The van der Waals surface area contributed by atoms with Crippen LogP contribution in [0.2, 0.25) is 0 Å². The SMILES string of the molecule is O=Cc1cn(-c2ccc(Br)cc2)nc1-c1ccncc1. The Labute approximate surface area is 124 Å². The Morgan fingerprint density at radius 3 is 2.40 bits per heavy atom. The summed E-state index contributed by atoms with van der Waals surface area (Å²) in [4.78, 5) is 15.2. The average Bonchev–Trinajstić information content (AvgIpc) is 2.93. The van der Waals surface area contributed by atoms with Gasteiger partial charge in [-0.2, -0.15) is 5.10 Å². The molecule has 5 heteroatoms. The van der Waals surface area contributed by atoms with Gasteiger partial charge in [-0.15, -0.1) is 0 Å². The molecule has 1 aromatic carbocycles. The molecule has 0 saturated heterocycles. The molecule has 98 valence electrons. The molecule has 0 unspecified atom stereocenters. The van der Waals surface area contributed by atoms with E-state index < -0.39 is 0 Å². The summed E-state index contributed by atoms with van der Waals surface area (Å²) >= 11 is 3.40. The highest BCUT2D eigenvalue weighted by Crippen LogP contribution is 2.22. The monoisotopic (exact) mass is 327 g/mol. The van der Waals surface area contributed by atoms with E-state index in [0.717, 1.165) is 22.0 Å². The Morgan fingerprint density at radius 2 is 1.75 bits per heavy atom. The predicted molar refractivity (Wildman–Crippen MR) is 79.9 cm³/mol. The van der Waals surface area contributed by atoms with E-state index in [1.54, 1.807) is 23.3 Å². The summed E-state index contributed by atoms with van der Waals surface area (Å²) in [6, 6.07) is 11.4. The van der Waals surface area contributed by atoms with Crippen LogP contribution in [0.3, 0.4) is 0 Å². The number of hydrogen-bond donors (Lipinski definition) is 0. The quantitative estimate of drug-likeness (QED) is 0.691. The first-order valence-corrected chi connectivity index (χ1v) is 6.78. The highest BCUT2D eigenvalue weighted by atomic mass is 79.9. The normalized spacial score (nSPS) is 10.4. The molecule has 0 N–H and O–H groups in total. The lowest BCUT2D eigenvalue weighted by Gasteiger charge is -2.01. The predicted octanol–water partition coefficient (Wildman–Crippen LogP) is 3.51. The Kier molecular flexibility index (Phi) is 3.43. The van der Waals surface area contributed by atoms with Crippen LogP contribution < -0.4 is 0 Å². The molecule has 0 saturated carbocycles. The molecule has 4 nitrogen and oxygen atoms in total. The molecule has 2 heterocycles. The van der Waals surface area contributed by atoms with Crippen molar-refractivity contribution >= 4 is 22.2 Å². The topological polar surface area (TPSA) is 47.8 Å². The molecule has 0 amide bonds. The van der Waals surface area contributed by atoms with E-state index in [4.69, 9.17) is 0 Å².